The van der Waals surface area contributed by atoms with E-state index in [2.05, 4.69) is 5.32 Å². The van der Waals surface area contributed by atoms with Gasteiger partial charge in [0, 0.05) is 17.3 Å². The van der Waals surface area contributed by atoms with Crippen LogP contribution in [-0.4, -0.2) is 38.0 Å². The number of methoxy groups -OCH3 is 2. The number of carbonyl (C=O) groups is 3. The van der Waals surface area contributed by atoms with E-state index < -0.39 is 18.0 Å². The van der Waals surface area contributed by atoms with Crippen molar-refractivity contribution in [2.24, 2.45) is 0 Å². The Labute approximate surface area is 157 Å². The molecule has 0 saturated carbocycles. The average molecular weight is 371 g/mol. The van der Waals surface area contributed by atoms with Gasteiger partial charge in [0.15, 0.2) is 11.9 Å². The predicted molar refractivity (Wildman–Crippen MR) is 99.5 cm³/mol. The Hall–Kier alpha value is -3.35. The topological polar surface area (TPSA) is 90.9 Å². The first-order valence-electron chi connectivity index (χ1n) is 8.20. The highest BCUT2D eigenvalue weighted by molar-refractivity contribution is 5.97. The second-order valence-electron chi connectivity index (χ2n) is 5.74. The molecule has 0 aromatic heterocycles. The van der Waals surface area contributed by atoms with Gasteiger partial charge in [-0.1, -0.05) is 0 Å². The first kappa shape index (κ1) is 20.0. The number of benzene rings is 2. The van der Waals surface area contributed by atoms with E-state index in [9.17, 15) is 14.4 Å². The maximum atomic E-state index is 12.4. The highest BCUT2D eigenvalue weighted by Crippen LogP contribution is 2.26. The van der Waals surface area contributed by atoms with Gasteiger partial charge in [0.25, 0.3) is 5.91 Å². The van der Waals surface area contributed by atoms with E-state index in [1.807, 2.05) is 0 Å². The third-order valence-corrected chi connectivity index (χ3v) is 3.83. The first-order valence-corrected chi connectivity index (χ1v) is 8.20. The lowest BCUT2D eigenvalue weighted by Gasteiger charge is -2.17. The zero-order chi connectivity index (χ0) is 20.0. The van der Waals surface area contributed by atoms with Crippen LogP contribution in [0.2, 0.25) is 0 Å². The summed E-state index contributed by atoms with van der Waals surface area (Å²) >= 11 is 0. The molecular formula is C20H21NO6. The number of hydrogen-bond acceptors (Lipinski definition) is 6. The number of ether oxygens (including phenoxy) is 3. The minimum atomic E-state index is -0.895. The van der Waals surface area contributed by atoms with Crippen LogP contribution in [0.25, 0.3) is 0 Å². The van der Waals surface area contributed by atoms with Crippen molar-refractivity contribution in [3.63, 3.8) is 0 Å². The molecule has 0 fully saturated rings. The van der Waals surface area contributed by atoms with E-state index in [-0.39, 0.29) is 17.1 Å². The lowest BCUT2D eigenvalue weighted by atomic mass is 10.1. The number of carbonyl (C=O) groups excluding carboxylic acids is 3. The standard InChI is InChI=1S/C20H21NO6/c1-12(22)14-5-7-15(8-6-14)21-19(23)13(2)27-18-11-16(25-3)9-10-17(18)20(24)26-4/h5-11,13H,1-4H3,(H,21,23). The van der Waals surface area contributed by atoms with Crippen LogP contribution in [0.15, 0.2) is 42.5 Å². The van der Waals surface area contributed by atoms with Gasteiger partial charge in [-0.15, -0.1) is 0 Å². The second kappa shape index (κ2) is 8.84. The molecule has 0 bridgehead atoms. The molecule has 142 valence electrons. The van der Waals surface area contributed by atoms with E-state index in [1.165, 1.54) is 33.3 Å². The van der Waals surface area contributed by atoms with E-state index in [0.717, 1.165) is 0 Å². The van der Waals surface area contributed by atoms with Crippen LogP contribution in [0.5, 0.6) is 11.5 Å². The van der Waals surface area contributed by atoms with Crippen LogP contribution in [0.3, 0.4) is 0 Å². The number of rotatable bonds is 7. The van der Waals surface area contributed by atoms with Gasteiger partial charge >= 0.3 is 5.97 Å². The number of hydrogen-bond donors (Lipinski definition) is 1. The van der Waals surface area contributed by atoms with Crippen LogP contribution in [0.1, 0.15) is 34.6 Å². The number of nitrogens with one attached hydrogen (secondary N) is 1. The Morgan fingerprint density at radius 3 is 2.22 bits per heavy atom. The van der Waals surface area contributed by atoms with Crippen molar-refractivity contribution in [1.29, 1.82) is 0 Å². The summed E-state index contributed by atoms with van der Waals surface area (Å²) in [6.07, 6.45) is -0.895. The van der Waals surface area contributed by atoms with Crippen LogP contribution in [0.4, 0.5) is 5.69 Å². The molecule has 1 amide bonds. The molecule has 0 saturated heterocycles. The summed E-state index contributed by atoms with van der Waals surface area (Å²) in [6.45, 7) is 3.02. The lowest BCUT2D eigenvalue weighted by Crippen LogP contribution is -2.30. The Morgan fingerprint density at radius 1 is 1.00 bits per heavy atom. The van der Waals surface area contributed by atoms with Gasteiger partial charge in [0.05, 0.1) is 14.2 Å². The molecule has 0 aliphatic carbocycles. The third kappa shape index (κ3) is 5.07. The maximum absolute atomic E-state index is 12.4. The minimum Gasteiger partial charge on any atom is -0.497 e. The smallest absolute Gasteiger partial charge is 0.341 e. The van der Waals surface area contributed by atoms with Crippen molar-refractivity contribution < 1.29 is 28.6 Å². The molecule has 7 heteroatoms. The second-order valence-corrected chi connectivity index (χ2v) is 5.74. The first-order chi connectivity index (χ1) is 12.8. The number of Topliss-reactive ketones (excluding diaryl/α,β-unsaturated/α-hetero) is 1. The molecule has 1 atom stereocenters. The van der Waals surface area contributed by atoms with Crippen molar-refractivity contribution in [2.75, 3.05) is 19.5 Å². The van der Waals surface area contributed by atoms with Crippen molar-refractivity contribution in [1.82, 2.24) is 0 Å². The van der Waals surface area contributed by atoms with Gasteiger partial charge < -0.3 is 19.5 Å². The fourth-order valence-electron chi connectivity index (χ4n) is 2.28. The van der Waals surface area contributed by atoms with Crippen molar-refractivity contribution in [3.05, 3.63) is 53.6 Å². The number of ketones is 1. The van der Waals surface area contributed by atoms with Crippen LogP contribution < -0.4 is 14.8 Å². The van der Waals surface area contributed by atoms with Gasteiger partial charge in [-0.25, -0.2) is 4.79 Å². The maximum Gasteiger partial charge on any atom is 0.341 e. The Kier molecular flexibility index (Phi) is 6.54. The highest BCUT2D eigenvalue weighted by Gasteiger charge is 2.20. The Balaban J connectivity index is 2.13. The highest BCUT2D eigenvalue weighted by atomic mass is 16.5. The summed E-state index contributed by atoms with van der Waals surface area (Å²) in [6, 6.07) is 11.1. The molecule has 1 N–H and O–H groups in total. The molecule has 2 aromatic carbocycles. The van der Waals surface area contributed by atoms with Gasteiger partial charge in [-0.05, 0) is 50.2 Å². The van der Waals surface area contributed by atoms with E-state index >= 15 is 0 Å². The fraction of sp³-hybridized carbons (Fsp3) is 0.250. The molecule has 2 rings (SSSR count). The lowest BCUT2D eigenvalue weighted by molar-refractivity contribution is -0.122. The van der Waals surface area contributed by atoms with Crippen molar-refractivity contribution in [3.8, 4) is 11.5 Å². The monoisotopic (exact) mass is 371 g/mol. The molecule has 7 nitrogen and oxygen atoms in total. The molecule has 0 aliphatic heterocycles. The zero-order valence-electron chi connectivity index (χ0n) is 15.6. The summed E-state index contributed by atoms with van der Waals surface area (Å²) in [5, 5.41) is 2.70. The molecule has 2 aromatic rings. The molecule has 0 spiro atoms. The summed E-state index contributed by atoms with van der Waals surface area (Å²) in [4.78, 5) is 35.6. The number of anilines is 1. The number of esters is 1. The van der Waals surface area contributed by atoms with Gasteiger partial charge in [0.1, 0.15) is 17.1 Å². The third-order valence-electron chi connectivity index (χ3n) is 3.83. The van der Waals surface area contributed by atoms with E-state index in [1.54, 1.807) is 37.3 Å². The molecule has 27 heavy (non-hydrogen) atoms. The van der Waals surface area contributed by atoms with Gasteiger partial charge in [-0.2, -0.15) is 0 Å². The Morgan fingerprint density at radius 2 is 1.67 bits per heavy atom. The summed E-state index contributed by atoms with van der Waals surface area (Å²) in [5.74, 6) is -0.400. The largest absolute Gasteiger partial charge is 0.497 e. The summed E-state index contributed by atoms with van der Waals surface area (Å²) in [5.41, 5.74) is 1.26. The van der Waals surface area contributed by atoms with Crippen LogP contribution in [0, 0.1) is 0 Å². The normalized spacial score (nSPS) is 11.3. The van der Waals surface area contributed by atoms with Gasteiger partial charge in [0.2, 0.25) is 0 Å². The van der Waals surface area contributed by atoms with Gasteiger partial charge in [-0.3, -0.25) is 9.59 Å². The molecule has 0 heterocycles. The van der Waals surface area contributed by atoms with Crippen molar-refractivity contribution >= 4 is 23.3 Å². The van der Waals surface area contributed by atoms with E-state index in [4.69, 9.17) is 14.2 Å². The average Bonchev–Trinajstić information content (AvgIpc) is 2.67. The molecule has 1 unspecified atom stereocenters. The zero-order valence-corrected chi connectivity index (χ0v) is 15.6. The predicted octanol–water partition coefficient (Wildman–Crippen LogP) is 3.09. The summed E-state index contributed by atoms with van der Waals surface area (Å²) < 4.78 is 15.5. The molecule has 0 radical (unpaired) electrons. The fourth-order valence-corrected chi connectivity index (χ4v) is 2.28. The number of amides is 1. The van der Waals surface area contributed by atoms with Crippen LogP contribution >= 0.6 is 0 Å². The minimum absolute atomic E-state index is 0.0575. The van der Waals surface area contributed by atoms with E-state index in [0.29, 0.717) is 17.0 Å². The molecule has 0 aliphatic rings. The molecular weight excluding hydrogens is 350 g/mol. The Bertz CT molecular complexity index is 844. The summed E-state index contributed by atoms with van der Waals surface area (Å²) in [7, 11) is 2.74. The van der Waals surface area contributed by atoms with Crippen LogP contribution in [-0.2, 0) is 9.53 Å². The quantitative estimate of drug-likeness (QED) is 0.594. The van der Waals surface area contributed by atoms with Crippen molar-refractivity contribution in [2.45, 2.75) is 20.0 Å². The SMILES string of the molecule is COC(=O)c1ccc(OC)cc1OC(C)C(=O)Nc1ccc(C(C)=O)cc1.